The first-order valence-electron chi connectivity index (χ1n) is 21.8. The minimum atomic E-state index is -1.79. The van der Waals surface area contributed by atoms with E-state index in [2.05, 4.69) is 31.9 Å². The van der Waals surface area contributed by atoms with Gasteiger partial charge in [-0.1, -0.05) is 72.8 Å². The van der Waals surface area contributed by atoms with Gasteiger partial charge < -0.3 is 58.7 Å². The predicted octanol–water partition coefficient (Wildman–Crippen LogP) is -1.64. The van der Waals surface area contributed by atoms with Crippen molar-refractivity contribution in [2.24, 2.45) is 11.5 Å². The summed E-state index contributed by atoms with van der Waals surface area (Å²) < 4.78 is 0. The number of carbonyl (C=O) groups is 8. The van der Waals surface area contributed by atoms with E-state index in [9.17, 15) is 63.8 Å². The topological polar surface area (TPSA) is 377 Å². The third-order valence-electron chi connectivity index (χ3n) is 10.5. The van der Waals surface area contributed by atoms with Gasteiger partial charge in [-0.05, 0) is 74.9 Å². The molecule has 0 bridgehead atoms. The van der Waals surface area contributed by atoms with Crippen molar-refractivity contribution in [3.63, 3.8) is 0 Å². The largest absolute Gasteiger partial charge is 0.508 e. The fourth-order valence-electron chi connectivity index (χ4n) is 6.76. The molecular weight excluding hydrogens is 889 g/mol. The molecule has 368 valence electrons. The normalized spacial score (nSPS) is 14.4. The van der Waals surface area contributed by atoms with Crippen LogP contribution in [0, 0.1) is 10.1 Å². The number of benzene rings is 3. The van der Waals surface area contributed by atoms with Crippen molar-refractivity contribution in [3.05, 3.63) is 112 Å². The number of hydrogen-bond donors (Lipinski definition) is 12. The fraction of sp³-hybridized carbons (Fsp3) is 0.422. The Hall–Kier alpha value is -7.66. The van der Waals surface area contributed by atoms with E-state index in [1.807, 2.05) is 5.43 Å². The summed E-state index contributed by atoms with van der Waals surface area (Å²) in [4.78, 5) is 118. The third kappa shape index (κ3) is 19.1. The van der Waals surface area contributed by atoms with E-state index in [0.29, 0.717) is 36.1 Å². The number of primary amides is 1. The molecule has 14 N–H and O–H groups in total. The van der Waals surface area contributed by atoms with Gasteiger partial charge in [0.1, 0.15) is 42.0 Å². The van der Waals surface area contributed by atoms with Gasteiger partial charge in [0.15, 0.2) is 11.1 Å². The molecule has 0 aromatic heterocycles. The summed E-state index contributed by atoms with van der Waals surface area (Å²) in [6.07, 6.45) is -2.00. The number of aliphatic carboxylic acids is 1. The second-order valence-corrected chi connectivity index (χ2v) is 16.0. The highest BCUT2D eigenvalue weighted by Gasteiger charge is 2.35. The highest BCUT2D eigenvalue weighted by Crippen LogP contribution is 2.13. The number of hydrazine groups is 1. The molecule has 23 heteroatoms. The number of phenolic OH excluding ortho intramolecular Hbond substituents is 1. The fourth-order valence-corrected chi connectivity index (χ4v) is 6.76. The van der Waals surface area contributed by atoms with Crippen LogP contribution in [0.1, 0.15) is 62.6 Å². The molecule has 3 aromatic rings. The van der Waals surface area contributed by atoms with Gasteiger partial charge in [-0.2, -0.15) is 0 Å². The van der Waals surface area contributed by atoms with E-state index < -0.39 is 114 Å². The number of nitro groups is 1. The van der Waals surface area contributed by atoms with Crippen LogP contribution in [-0.4, -0.2) is 123 Å². The minimum absolute atomic E-state index is 0.0672. The van der Waals surface area contributed by atoms with Gasteiger partial charge in [-0.25, -0.2) is 14.9 Å². The van der Waals surface area contributed by atoms with Gasteiger partial charge in [0.2, 0.25) is 41.4 Å². The average molecular weight is 949 g/mol. The summed E-state index contributed by atoms with van der Waals surface area (Å²) in [5.41, 5.74) is 14.4. The van der Waals surface area contributed by atoms with Gasteiger partial charge in [-0.3, -0.25) is 33.6 Å². The highest BCUT2D eigenvalue weighted by atomic mass is 16.7. The summed E-state index contributed by atoms with van der Waals surface area (Å²) in [7, 11) is 0. The van der Waals surface area contributed by atoms with Gasteiger partial charge >= 0.3 is 5.97 Å². The Morgan fingerprint density at radius 3 is 1.51 bits per heavy atom. The number of aliphatic hydroxyl groups is 1. The minimum Gasteiger partial charge on any atom is -0.508 e. The first kappa shape index (κ1) is 54.7. The number of hydrogen-bond acceptors (Lipinski definition) is 13. The van der Waals surface area contributed by atoms with Crippen LogP contribution in [-0.2, 0) is 57.6 Å². The number of rotatable bonds is 29. The summed E-state index contributed by atoms with van der Waals surface area (Å²) in [6.45, 7) is 2.66. The lowest BCUT2D eigenvalue weighted by atomic mass is 10.0. The second-order valence-electron chi connectivity index (χ2n) is 16.0. The number of nitrogens with two attached hydrogens (primary N) is 2. The lowest BCUT2D eigenvalue weighted by Crippen LogP contribution is -2.61. The zero-order valence-electron chi connectivity index (χ0n) is 37.6. The molecule has 3 rings (SSSR count). The SMILES string of the molecule is C[C@H](NC(=O)[C@H](Cc1ccc(O)cc1)N[N+](=O)[O-])C(=O)N[C@H](C(=O)N[C@@H](CCC(N)=O)C(=O)N[C@@H](Cc1ccccc1)C(=O)N[C@@H](Cc1ccccc1)C(=O)N[C@@H](CCCCN)C(=O)O)[C@@H](C)O. The van der Waals surface area contributed by atoms with Crippen LogP contribution in [0.5, 0.6) is 5.75 Å². The van der Waals surface area contributed by atoms with Crippen molar-refractivity contribution in [3.8, 4) is 5.75 Å². The standard InChI is InChI=1S/C45H60N10O13/c1-26(48-43(63)36(54-55(67)68)25-30-16-18-31(57)19-17-30)39(59)53-38(27(2)56)44(64)49-32(20-21-37(47)58)40(60)51-35(24-29-13-7-4-8-14-29)42(62)52-34(23-28-11-5-3-6-12-28)41(61)50-33(45(65)66)15-9-10-22-46/h3-8,11-14,16-19,26-27,32-36,38,54,56-57H,9-10,15,20-25,46H2,1-2H3,(H2,47,58)(H,48,63)(H,49,64)(H,50,61)(H,51,60)(H,52,62)(H,53,59)(H,65,66)/t26-,27+,32-,33-,34-,35-,36-,38-/m0/s1. The van der Waals surface area contributed by atoms with Gasteiger partial charge in [0.25, 0.3) is 0 Å². The average Bonchev–Trinajstić information content (AvgIpc) is 3.29. The van der Waals surface area contributed by atoms with Crippen molar-refractivity contribution < 1.29 is 58.7 Å². The first-order chi connectivity index (χ1) is 32.3. The smallest absolute Gasteiger partial charge is 0.326 e. The van der Waals surface area contributed by atoms with E-state index in [1.165, 1.54) is 31.2 Å². The number of unbranched alkanes of at least 4 members (excludes halogenated alkanes) is 1. The summed E-state index contributed by atoms with van der Waals surface area (Å²) in [5, 5.41) is 55.1. The number of carboxylic acid groups (broad SMARTS) is 1. The number of aromatic hydroxyl groups is 1. The van der Waals surface area contributed by atoms with Gasteiger partial charge in [0, 0.05) is 25.7 Å². The number of nitrogens with one attached hydrogen (secondary N) is 7. The first-order valence-corrected chi connectivity index (χ1v) is 21.8. The van der Waals surface area contributed by atoms with Crippen molar-refractivity contribution in [1.82, 2.24) is 37.3 Å². The monoisotopic (exact) mass is 948 g/mol. The van der Waals surface area contributed by atoms with Crippen LogP contribution in [0.2, 0.25) is 0 Å². The van der Waals surface area contributed by atoms with Crippen LogP contribution >= 0.6 is 0 Å². The van der Waals surface area contributed by atoms with Crippen LogP contribution in [0.25, 0.3) is 0 Å². The number of amides is 7. The Morgan fingerprint density at radius 1 is 0.588 bits per heavy atom. The van der Waals surface area contributed by atoms with Crippen LogP contribution in [0.15, 0.2) is 84.9 Å². The molecule has 23 nitrogen and oxygen atoms in total. The van der Waals surface area contributed by atoms with Gasteiger partial charge in [-0.15, -0.1) is 5.43 Å². The molecule has 0 radical (unpaired) electrons. The molecule has 0 aliphatic heterocycles. The molecule has 7 amide bonds. The number of carbonyl (C=O) groups excluding carboxylic acids is 7. The van der Waals surface area contributed by atoms with Crippen molar-refractivity contribution in [2.75, 3.05) is 6.54 Å². The zero-order valence-corrected chi connectivity index (χ0v) is 37.6. The summed E-state index contributed by atoms with van der Waals surface area (Å²) >= 11 is 0. The Bertz CT molecular complexity index is 2180. The highest BCUT2D eigenvalue weighted by molar-refractivity contribution is 5.97. The number of carboxylic acids is 1. The quantitative estimate of drug-likeness (QED) is 0.0211. The zero-order chi connectivity index (χ0) is 50.3. The number of nitrogens with zero attached hydrogens (tertiary/aromatic N) is 1. The molecule has 0 heterocycles. The van der Waals surface area contributed by atoms with E-state index in [-0.39, 0.29) is 31.4 Å². The number of phenols is 1. The molecule has 0 fully saturated rings. The van der Waals surface area contributed by atoms with Crippen molar-refractivity contribution >= 4 is 47.3 Å². The number of aliphatic hydroxyl groups excluding tert-OH is 1. The molecular formula is C45H60N10O13. The van der Waals surface area contributed by atoms with Crippen molar-refractivity contribution in [1.29, 1.82) is 0 Å². The molecule has 68 heavy (non-hydrogen) atoms. The summed E-state index contributed by atoms with van der Waals surface area (Å²) in [6, 6.07) is 12.0. The molecule has 0 saturated heterocycles. The van der Waals surface area contributed by atoms with E-state index >= 15 is 0 Å². The van der Waals surface area contributed by atoms with Crippen LogP contribution < -0.4 is 48.8 Å². The lowest BCUT2D eigenvalue weighted by molar-refractivity contribution is -0.548. The maximum atomic E-state index is 14.2. The van der Waals surface area contributed by atoms with E-state index in [0.717, 1.165) is 6.92 Å². The van der Waals surface area contributed by atoms with E-state index in [1.54, 1.807) is 60.7 Å². The Balaban J connectivity index is 1.85. The lowest BCUT2D eigenvalue weighted by Gasteiger charge is -2.28. The Morgan fingerprint density at radius 2 is 1.04 bits per heavy atom. The van der Waals surface area contributed by atoms with Crippen LogP contribution in [0.3, 0.4) is 0 Å². The molecule has 3 aromatic carbocycles. The Kier molecular flexibility index (Phi) is 22.3. The second kappa shape index (κ2) is 27.7. The molecule has 0 aliphatic carbocycles. The predicted molar refractivity (Wildman–Crippen MR) is 244 cm³/mol. The Labute approximate surface area is 391 Å². The summed E-state index contributed by atoms with van der Waals surface area (Å²) in [5.74, 6) is -8.10. The molecule has 8 atom stereocenters. The van der Waals surface area contributed by atoms with Gasteiger partial charge in [0.05, 0.1) is 6.10 Å². The maximum absolute atomic E-state index is 14.2. The molecule has 0 unspecified atom stereocenters. The van der Waals surface area contributed by atoms with Crippen LogP contribution in [0.4, 0.5) is 0 Å². The third-order valence-corrected chi connectivity index (χ3v) is 10.5. The molecule has 0 spiro atoms. The molecule has 0 saturated carbocycles. The maximum Gasteiger partial charge on any atom is 0.326 e. The molecule has 0 aliphatic rings. The van der Waals surface area contributed by atoms with Crippen molar-refractivity contribution in [2.45, 2.75) is 114 Å². The van der Waals surface area contributed by atoms with E-state index in [4.69, 9.17) is 11.5 Å².